The molecule has 0 atom stereocenters. The van der Waals surface area contributed by atoms with Crippen LogP contribution in [0.4, 0.5) is 0 Å². The van der Waals surface area contributed by atoms with Gasteiger partial charge in [0.1, 0.15) is 0 Å². The lowest BCUT2D eigenvalue weighted by molar-refractivity contribution is 1.03. The van der Waals surface area contributed by atoms with Crippen molar-refractivity contribution in [3.63, 3.8) is 0 Å². The Balaban J connectivity index is 4.50. The van der Waals surface area contributed by atoms with Crippen LogP contribution < -0.4 is 5.32 Å². The first-order valence-corrected chi connectivity index (χ1v) is 4.23. The van der Waals surface area contributed by atoms with Crippen LogP contribution in [0.2, 0.25) is 0 Å². The van der Waals surface area contributed by atoms with E-state index in [0.717, 1.165) is 10.6 Å². The van der Waals surface area contributed by atoms with Crippen LogP contribution >= 0.6 is 11.8 Å². The maximum absolute atomic E-state index is 3.68. The van der Waals surface area contributed by atoms with E-state index in [9.17, 15) is 0 Å². The van der Waals surface area contributed by atoms with Crippen LogP contribution in [0.3, 0.4) is 0 Å². The second-order valence-electron chi connectivity index (χ2n) is 1.64. The fourth-order valence-electron chi connectivity index (χ4n) is 0.629. The molecule has 10 heavy (non-hydrogen) atoms. The molecule has 0 saturated heterocycles. The fourth-order valence-corrected chi connectivity index (χ4v) is 1.20. The topological polar surface area (TPSA) is 12.0 Å². The van der Waals surface area contributed by atoms with Crippen LogP contribution in [-0.4, -0.2) is 13.3 Å². The lowest BCUT2D eigenvalue weighted by Gasteiger charge is -2.03. The summed E-state index contributed by atoms with van der Waals surface area (Å²) in [5, 5.41) is 3.02. The Hall–Kier alpha value is -0.630. The van der Waals surface area contributed by atoms with Gasteiger partial charge in [0.2, 0.25) is 0 Å². The first kappa shape index (κ1) is 9.37. The normalized spacial score (nSPS) is 11.8. The number of nitrogens with one attached hydrogen (secondary N) is 1. The van der Waals surface area contributed by atoms with E-state index in [1.807, 2.05) is 19.4 Å². The molecule has 0 aromatic carbocycles. The molecule has 0 aromatic rings. The lowest BCUT2D eigenvalue weighted by Crippen LogP contribution is -2.04. The molecule has 0 aliphatic heterocycles. The molecule has 0 amide bonds. The molecule has 1 nitrogen and oxygen atoms in total. The maximum Gasteiger partial charge on any atom is 0.0469 e. The third-order valence-corrected chi connectivity index (χ3v) is 1.97. The molecule has 0 aliphatic rings. The van der Waals surface area contributed by atoms with E-state index in [4.69, 9.17) is 0 Å². The molecule has 1 N–H and O–H groups in total. The third kappa shape index (κ3) is 2.31. The van der Waals surface area contributed by atoms with Crippen molar-refractivity contribution in [3.8, 4) is 0 Å². The van der Waals surface area contributed by atoms with Gasteiger partial charge in [-0.1, -0.05) is 19.2 Å². The summed E-state index contributed by atoms with van der Waals surface area (Å²) in [6.07, 6.45) is 5.61. The molecular weight excluding hydrogens is 142 g/mol. The summed E-state index contributed by atoms with van der Waals surface area (Å²) >= 11 is 1.65. The molecule has 2 heteroatoms. The van der Waals surface area contributed by atoms with E-state index in [2.05, 4.69) is 18.5 Å². The Morgan fingerprint density at radius 2 is 2.00 bits per heavy atom. The Labute approximate surface area is 66.9 Å². The van der Waals surface area contributed by atoms with Gasteiger partial charge in [0, 0.05) is 17.6 Å². The highest BCUT2D eigenvalue weighted by atomic mass is 32.2. The minimum atomic E-state index is 1.03. The minimum Gasteiger partial charge on any atom is -0.387 e. The highest BCUT2D eigenvalue weighted by Gasteiger charge is 1.93. The van der Waals surface area contributed by atoms with Gasteiger partial charge in [-0.2, -0.15) is 0 Å². The smallest absolute Gasteiger partial charge is 0.0469 e. The molecule has 0 aliphatic carbocycles. The molecule has 0 fully saturated rings. The van der Waals surface area contributed by atoms with Crippen LogP contribution in [0.5, 0.6) is 0 Å². The molecular formula is C8H13NS. The van der Waals surface area contributed by atoms with Gasteiger partial charge in [-0.05, 0) is 12.3 Å². The second-order valence-corrected chi connectivity index (χ2v) is 2.49. The van der Waals surface area contributed by atoms with E-state index in [0.29, 0.717) is 0 Å². The van der Waals surface area contributed by atoms with Crippen molar-refractivity contribution in [2.45, 2.75) is 0 Å². The molecule has 0 rings (SSSR count). The standard InChI is InChI=1S/C8H13NS/c1-5-7(9-3)8(6-2)10-4/h5-6,9H,1-2H2,3-4H3/b8-7-. The van der Waals surface area contributed by atoms with Gasteiger partial charge in [0.25, 0.3) is 0 Å². The van der Waals surface area contributed by atoms with Crippen LogP contribution in [-0.2, 0) is 0 Å². The van der Waals surface area contributed by atoms with Crippen LogP contribution in [0.25, 0.3) is 0 Å². The van der Waals surface area contributed by atoms with Gasteiger partial charge in [-0.15, -0.1) is 11.8 Å². The SMILES string of the molecule is C=C/C(NC)=C(\C=C)SC. The molecule has 0 unspecified atom stereocenters. The number of thioether (sulfide) groups is 1. The van der Waals surface area contributed by atoms with Crippen LogP contribution in [0.1, 0.15) is 0 Å². The fraction of sp³-hybridized carbons (Fsp3) is 0.250. The van der Waals surface area contributed by atoms with Crippen molar-refractivity contribution in [2.24, 2.45) is 0 Å². The average Bonchev–Trinajstić information content (AvgIpc) is 2.00. The van der Waals surface area contributed by atoms with Gasteiger partial charge in [0.05, 0.1) is 0 Å². The zero-order valence-electron chi connectivity index (χ0n) is 6.48. The summed E-state index contributed by atoms with van der Waals surface area (Å²) in [6.45, 7) is 7.35. The van der Waals surface area contributed by atoms with E-state index in [-0.39, 0.29) is 0 Å². The first-order valence-electron chi connectivity index (χ1n) is 3.01. The van der Waals surface area contributed by atoms with E-state index in [1.165, 1.54) is 0 Å². The Kier molecular flexibility index (Phi) is 4.85. The van der Waals surface area contributed by atoms with Gasteiger partial charge < -0.3 is 5.32 Å². The van der Waals surface area contributed by atoms with E-state index in [1.54, 1.807) is 17.8 Å². The third-order valence-electron chi connectivity index (χ3n) is 1.14. The number of likely N-dealkylation sites (N-methyl/N-ethyl adjacent to an activating group) is 1. The first-order chi connectivity index (χ1) is 4.79. The second kappa shape index (κ2) is 5.18. The molecule has 0 bridgehead atoms. The summed E-state index contributed by atoms with van der Waals surface area (Å²) in [6, 6.07) is 0. The zero-order chi connectivity index (χ0) is 7.98. The monoisotopic (exact) mass is 155 g/mol. The number of rotatable bonds is 4. The van der Waals surface area contributed by atoms with Crippen molar-refractivity contribution in [1.29, 1.82) is 0 Å². The lowest BCUT2D eigenvalue weighted by atomic mass is 10.4. The van der Waals surface area contributed by atoms with Gasteiger partial charge >= 0.3 is 0 Å². The zero-order valence-corrected chi connectivity index (χ0v) is 7.29. The van der Waals surface area contributed by atoms with Crippen molar-refractivity contribution in [3.05, 3.63) is 35.9 Å². The molecule has 0 spiro atoms. The predicted octanol–water partition coefficient (Wildman–Crippen LogP) is 2.15. The number of allylic oxidation sites excluding steroid dienone is 2. The van der Waals surface area contributed by atoms with Crippen molar-refractivity contribution >= 4 is 11.8 Å². The number of hydrogen-bond acceptors (Lipinski definition) is 2. The van der Waals surface area contributed by atoms with E-state index < -0.39 is 0 Å². The summed E-state index contributed by atoms with van der Waals surface area (Å²) < 4.78 is 0. The summed E-state index contributed by atoms with van der Waals surface area (Å²) in [4.78, 5) is 1.12. The average molecular weight is 155 g/mol. The van der Waals surface area contributed by atoms with Crippen molar-refractivity contribution in [1.82, 2.24) is 5.32 Å². The Morgan fingerprint density at radius 1 is 1.40 bits per heavy atom. The molecule has 56 valence electrons. The van der Waals surface area contributed by atoms with Crippen LogP contribution in [0, 0.1) is 0 Å². The highest BCUT2D eigenvalue weighted by Crippen LogP contribution is 2.15. The predicted molar refractivity (Wildman–Crippen MR) is 50.0 cm³/mol. The number of hydrogen-bond donors (Lipinski definition) is 1. The van der Waals surface area contributed by atoms with Crippen molar-refractivity contribution in [2.75, 3.05) is 13.3 Å². The maximum atomic E-state index is 3.68. The quantitative estimate of drug-likeness (QED) is 0.624. The highest BCUT2D eigenvalue weighted by molar-refractivity contribution is 8.02. The summed E-state index contributed by atoms with van der Waals surface area (Å²) in [7, 11) is 1.87. The van der Waals surface area contributed by atoms with Gasteiger partial charge in [0.15, 0.2) is 0 Å². The Morgan fingerprint density at radius 3 is 2.10 bits per heavy atom. The van der Waals surface area contributed by atoms with Crippen LogP contribution in [0.15, 0.2) is 35.9 Å². The summed E-state index contributed by atoms with van der Waals surface area (Å²) in [5.74, 6) is 0. The van der Waals surface area contributed by atoms with Crippen molar-refractivity contribution < 1.29 is 0 Å². The molecule has 0 heterocycles. The van der Waals surface area contributed by atoms with Gasteiger partial charge in [-0.25, -0.2) is 0 Å². The van der Waals surface area contributed by atoms with E-state index >= 15 is 0 Å². The van der Waals surface area contributed by atoms with Gasteiger partial charge in [-0.3, -0.25) is 0 Å². The summed E-state index contributed by atoms with van der Waals surface area (Å²) in [5.41, 5.74) is 1.03. The minimum absolute atomic E-state index is 1.03. The Bertz CT molecular complexity index is 141. The molecule has 0 radical (unpaired) electrons. The molecule has 0 aromatic heterocycles. The molecule has 0 saturated carbocycles. The largest absolute Gasteiger partial charge is 0.387 e.